The highest BCUT2D eigenvalue weighted by Crippen LogP contribution is 2.60. The number of ether oxygens (including phenoxy) is 3. The van der Waals surface area contributed by atoms with Crippen molar-refractivity contribution in [2.75, 3.05) is 25.1 Å². The van der Waals surface area contributed by atoms with Crippen molar-refractivity contribution in [3.05, 3.63) is 52.8 Å². The lowest BCUT2D eigenvalue weighted by atomic mass is 9.59. The summed E-state index contributed by atoms with van der Waals surface area (Å²) < 4.78 is 18.0. The molecule has 2 spiro atoms. The topological polar surface area (TPSA) is 108 Å². The molecule has 0 radical (unpaired) electrons. The van der Waals surface area contributed by atoms with E-state index in [1.165, 1.54) is 19.0 Å². The van der Waals surface area contributed by atoms with E-state index < -0.39 is 5.54 Å². The predicted octanol–water partition coefficient (Wildman–Crippen LogP) is 3.11. The molecule has 4 heterocycles. The van der Waals surface area contributed by atoms with E-state index >= 15 is 0 Å². The number of amides is 1. The zero-order valence-corrected chi connectivity index (χ0v) is 18.1. The Labute approximate surface area is 190 Å². The minimum atomic E-state index is -0.707. The zero-order chi connectivity index (χ0) is 21.9. The monoisotopic (exact) mass is 454 g/mol. The van der Waals surface area contributed by atoms with Gasteiger partial charge in [0, 0.05) is 17.4 Å². The van der Waals surface area contributed by atoms with E-state index in [1.54, 1.807) is 12.1 Å². The van der Waals surface area contributed by atoms with Gasteiger partial charge in [-0.25, -0.2) is 9.98 Å². The van der Waals surface area contributed by atoms with Gasteiger partial charge < -0.3 is 25.3 Å². The van der Waals surface area contributed by atoms with Crippen LogP contribution in [0.5, 0.6) is 5.75 Å². The summed E-state index contributed by atoms with van der Waals surface area (Å²) in [6.07, 6.45) is 4.87. The molecule has 1 aliphatic carbocycles. The van der Waals surface area contributed by atoms with Crippen molar-refractivity contribution in [3.8, 4) is 5.75 Å². The standard InChI is InChI=1S/C23H23ClN4O4/c24-14-3-5-17(26-9-14)20(29)27-15-4-6-18-16(8-15)23(12-31-21(25)28-23)22(10-30-11-22)19(32-18)7-13-1-2-13/h3-6,8-9,13,19H,1-2,7,10-12H2,(H2,25,28)(H,27,29). The SMILES string of the molecule is NC1=NC2(CO1)c1cc(NC(=O)c3ccc(Cl)cn3)ccc1OC(CC1CC1)C21COC1. The molecule has 8 nitrogen and oxygen atoms in total. The molecule has 3 aliphatic heterocycles. The number of pyridine rings is 1. The van der Waals surface area contributed by atoms with E-state index in [0.29, 0.717) is 36.4 Å². The van der Waals surface area contributed by atoms with Crippen LogP contribution in [0, 0.1) is 11.3 Å². The van der Waals surface area contributed by atoms with Crippen molar-refractivity contribution >= 4 is 29.2 Å². The number of carbonyl (C=O) groups is 1. The van der Waals surface area contributed by atoms with E-state index in [2.05, 4.69) is 10.3 Å². The average Bonchev–Trinajstić information content (AvgIpc) is 3.48. The Morgan fingerprint density at radius 2 is 2.06 bits per heavy atom. The van der Waals surface area contributed by atoms with Crippen molar-refractivity contribution in [3.63, 3.8) is 0 Å². The molecule has 0 bridgehead atoms. The zero-order valence-electron chi connectivity index (χ0n) is 17.3. The van der Waals surface area contributed by atoms with Gasteiger partial charge in [0.1, 0.15) is 29.7 Å². The molecule has 1 aromatic heterocycles. The lowest BCUT2D eigenvalue weighted by Gasteiger charge is -2.57. The van der Waals surface area contributed by atoms with Crippen molar-refractivity contribution in [1.29, 1.82) is 0 Å². The summed E-state index contributed by atoms with van der Waals surface area (Å²) in [6, 6.07) is 9.01. The lowest BCUT2D eigenvalue weighted by molar-refractivity contribution is -0.218. The van der Waals surface area contributed by atoms with E-state index in [0.717, 1.165) is 17.7 Å². The number of hydrogen-bond acceptors (Lipinski definition) is 7. The fourth-order valence-corrected chi connectivity index (χ4v) is 5.15. The summed E-state index contributed by atoms with van der Waals surface area (Å²) in [6.45, 7) is 1.40. The van der Waals surface area contributed by atoms with Crippen molar-refractivity contribution in [2.24, 2.45) is 22.1 Å². The molecule has 6 rings (SSSR count). The number of amidine groups is 1. The first-order valence-corrected chi connectivity index (χ1v) is 11.2. The minimum absolute atomic E-state index is 0.0202. The number of nitrogens with two attached hydrogens (primary N) is 1. The second-order valence-corrected chi connectivity index (χ2v) is 9.50. The number of aliphatic imine (C=N–C) groups is 1. The summed E-state index contributed by atoms with van der Waals surface area (Å²) in [4.78, 5) is 21.6. The Morgan fingerprint density at radius 3 is 2.69 bits per heavy atom. The van der Waals surface area contributed by atoms with Crippen LogP contribution in [0.15, 0.2) is 41.5 Å². The van der Waals surface area contributed by atoms with Crippen LogP contribution in [0.3, 0.4) is 0 Å². The number of anilines is 1. The largest absolute Gasteiger partial charge is 0.489 e. The Bertz CT molecular complexity index is 1110. The third-order valence-electron chi connectivity index (χ3n) is 7.05. The van der Waals surface area contributed by atoms with Crippen molar-refractivity contribution in [2.45, 2.75) is 30.9 Å². The lowest BCUT2D eigenvalue weighted by Crippen LogP contribution is -2.67. The van der Waals surface area contributed by atoms with Gasteiger partial charge in [-0.05, 0) is 42.7 Å². The third kappa shape index (κ3) is 2.97. The molecule has 1 saturated heterocycles. The Balaban J connectivity index is 1.38. The predicted molar refractivity (Wildman–Crippen MR) is 118 cm³/mol. The summed E-state index contributed by atoms with van der Waals surface area (Å²) in [5.41, 5.74) is 6.72. The molecule has 1 aromatic carbocycles. The summed E-state index contributed by atoms with van der Waals surface area (Å²) >= 11 is 5.88. The smallest absolute Gasteiger partial charge is 0.283 e. The van der Waals surface area contributed by atoms with Gasteiger partial charge in [-0.15, -0.1) is 0 Å². The van der Waals surface area contributed by atoms with Gasteiger partial charge >= 0.3 is 0 Å². The van der Waals surface area contributed by atoms with Gasteiger partial charge in [-0.3, -0.25) is 4.79 Å². The quantitative estimate of drug-likeness (QED) is 0.734. The van der Waals surface area contributed by atoms with Crippen LogP contribution in [-0.2, 0) is 15.0 Å². The number of rotatable bonds is 4. The molecule has 2 unspecified atom stereocenters. The molecule has 2 atom stereocenters. The number of nitrogens with one attached hydrogen (secondary N) is 1. The summed E-state index contributed by atoms with van der Waals surface area (Å²) in [5, 5.41) is 3.38. The number of benzene rings is 1. The molecule has 1 saturated carbocycles. The summed E-state index contributed by atoms with van der Waals surface area (Å²) in [7, 11) is 0. The molecule has 9 heteroatoms. The second kappa shape index (κ2) is 7.08. The van der Waals surface area contributed by atoms with Gasteiger partial charge in [0.05, 0.1) is 23.7 Å². The number of hydrogen-bond donors (Lipinski definition) is 2. The normalized spacial score (nSPS) is 27.2. The van der Waals surface area contributed by atoms with Gasteiger partial charge in [-0.2, -0.15) is 0 Å². The van der Waals surface area contributed by atoms with Crippen LogP contribution in [-0.4, -0.2) is 42.8 Å². The maximum atomic E-state index is 12.7. The van der Waals surface area contributed by atoms with Gasteiger partial charge in [0.2, 0.25) is 0 Å². The van der Waals surface area contributed by atoms with Crippen LogP contribution < -0.4 is 15.8 Å². The van der Waals surface area contributed by atoms with Gasteiger partial charge in [0.25, 0.3) is 11.9 Å². The van der Waals surface area contributed by atoms with E-state index in [1.807, 2.05) is 18.2 Å². The molecule has 4 aliphatic rings. The minimum Gasteiger partial charge on any atom is -0.489 e. The second-order valence-electron chi connectivity index (χ2n) is 9.06. The molecule has 32 heavy (non-hydrogen) atoms. The maximum absolute atomic E-state index is 12.7. The molecule has 2 fully saturated rings. The first-order valence-electron chi connectivity index (χ1n) is 10.8. The fourth-order valence-electron chi connectivity index (χ4n) is 5.04. The van der Waals surface area contributed by atoms with Crippen LogP contribution in [0.1, 0.15) is 35.3 Å². The van der Waals surface area contributed by atoms with Crippen LogP contribution in [0.25, 0.3) is 0 Å². The number of fused-ring (bicyclic) bond motifs is 3. The average molecular weight is 455 g/mol. The molecule has 166 valence electrons. The van der Waals surface area contributed by atoms with Crippen molar-refractivity contribution in [1.82, 2.24) is 4.98 Å². The van der Waals surface area contributed by atoms with Crippen LogP contribution in [0.4, 0.5) is 5.69 Å². The number of nitrogens with zero attached hydrogens (tertiary/aromatic N) is 2. The van der Waals surface area contributed by atoms with E-state index in [-0.39, 0.29) is 29.1 Å². The Hall–Kier alpha value is -2.84. The summed E-state index contributed by atoms with van der Waals surface area (Å²) in [5.74, 6) is 1.11. The van der Waals surface area contributed by atoms with Gasteiger partial charge in [-0.1, -0.05) is 24.4 Å². The molecular weight excluding hydrogens is 432 g/mol. The number of halogens is 1. The number of carbonyl (C=O) groups excluding carboxylic acids is 1. The molecule has 3 N–H and O–H groups in total. The van der Waals surface area contributed by atoms with E-state index in [4.69, 9.17) is 36.5 Å². The Kier molecular flexibility index (Phi) is 4.39. The van der Waals surface area contributed by atoms with Crippen molar-refractivity contribution < 1.29 is 19.0 Å². The maximum Gasteiger partial charge on any atom is 0.283 e. The highest BCUT2D eigenvalue weighted by atomic mass is 35.5. The fraction of sp³-hybridized carbons (Fsp3) is 0.435. The molecule has 2 aromatic rings. The Morgan fingerprint density at radius 1 is 1.22 bits per heavy atom. The van der Waals surface area contributed by atoms with E-state index in [9.17, 15) is 4.79 Å². The third-order valence-corrected chi connectivity index (χ3v) is 7.27. The van der Waals surface area contributed by atoms with Gasteiger partial charge in [0.15, 0.2) is 0 Å². The highest BCUT2D eigenvalue weighted by molar-refractivity contribution is 6.30. The van der Waals surface area contributed by atoms with Crippen LogP contribution >= 0.6 is 11.6 Å². The highest BCUT2D eigenvalue weighted by Gasteiger charge is 2.68. The molecular formula is C23H23ClN4O4. The van der Waals surface area contributed by atoms with Crippen LogP contribution in [0.2, 0.25) is 5.02 Å². The first-order chi connectivity index (χ1) is 15.5. The first kappa shape index (κ1) is 19.8. The molecule has 1 amide bonds. The number of aromatic nitrogens is 1.